The second kappa shape index (κ2) is 13.5. The number of hydrogen-bond donors (Lipinski definition) is 3. The van der Waals surface area contributed by atoms with Gasteiger partial charge in [0.25, 0.3) is 0 Å². The minimum atomic E-state index is -0.485. The van der Waals surface area contributed by atoms with Crippen LogP contribution in [0.1, 0.15) is 58.4 Å². The Kier molecular flexibility index (Phi) is 11.8. The zero-order valence-corrected chi connectivity index (χ0v) is 20.8. The second-order valence-electron chi connectivity index (χ2n) is 8.13. The van der Waals surface area contributed by atoms with Crippen LogP contribution < -0.4 is 20.7 Å². The summed E-state index contributed by atoms with van der Waals surface area (Å²) in [6, 6.07) is 3.93. The third kappa shape index (κ3) is 10.3. The van der Waals surface area contributed by atoms with E-state index in [1.165, 1.54) is 12.8 Å². The average Bonchev–Trinajstić information content (AvgIpc) is 3.16. The highest BCUT2D eigenvalue weighted by molar-refractivity contribution is 14.0. The summed E-state index contributed by atoms with van der Waals surface area (Å²) in [5, 5.41) is 9.27. The fourth-order valence-corrected chi connectivity index (χ4v) is 3.03. The van der Waals surface area contributed by atoms with Crippen LogP contribution in [0, 0.1) is 0 Å². The Bertz CT molecular complexity index is 673. The monoisotopic (exact) mass is 533 g/mol. The van der Waals surface area contributed by atoms with Crippen molar-refractivity contribution < 1.29 is 14.3 Å². The van der Waals surface area contributed by atoms with Crippen LogP contribution in [0.2, 0.25) is 0 Å². The lowest BCUT2D eigenvalue weighted by atomic mass is 10.2. The first-order valence-corrected chi connectivity index (χ1v) is 10.4. The van der Waals surface area contributed by atoms with Crippen LogP contribution in [-0.2, 0) is 11.3 Å². The number of pyridine rings is 1. The van der Waals surface area contributed by atoms with E-state index in [0.717, 1.165) is 24.8 Å². The molecule has 2 rings (SSSR count). The summed E-state index contributed by atoms with van der Waals surface area (Å²) in [6.07, 6.45) is 7.05. The van der Waals surface area contributed by atoms with Gasteiger partial charge in [-0.3, -0.25) is 4.99 Å². The molecule has 1 saturated carbocycles. The van der Waals surface area contributed by atoms with Crippen molar-refractivity contribution in [2.75, 3.05) is 20.1 Å². The maximum atomic E-state index is 11.6. The van der Waals surface area contributed by atoms with Crippen molar-refractivity contribution >= 4 is 36.0 Å². The van der Waals surface area contributed by atoms with E-state index in [2.05, 4.69) is 25.9 Å². The summed E-state index contributed by atoms with van der Waals surface area (Å²) in [6.45, 7) is 7.31. The lowest BCUT2D eigenvalue weighted by Gasteiger charge is -2.19. The van der Waals surface area contributed by atoms with Gasteiger partial charge in [0.05, 0.1) is 0 Å². The Balaban J connectivity index is 0.00000450. The molecule has 8 nitrogen and oxygen atoms in total. The average molecular weight is 533 g/mol. The van der Waals surface area contributed by atoms with Gasteiger partial charge in [-0.15, -0.1) is 24.0 Å². The molecule has 1 heterocycles. The standard InChI is InChI=1S/C21H35N5O3.HI/c1-21(2,3)29-20(27)25-14-8-13-24-19(22-4)26-15-16-9-7-12-23-18(16)28-17-10-5-6-11-17;/h7,9,12,17H,5-6,8,10-11,13-15H2,1-4H3,(H,25,27)(H2,22,24,26);1H. The molecular formula is C21H36IN5O3. The van der Waals surface area contributed by atoms with Gasteiger partial charge < -0.3 is 25.4 Å². The summed E-state index contributed by atoms with van der Waals surface area (Å²) in [7, 11) is 1.73. The molecule has 0 bridgehead atoms. The number of carbonyl (C=O) groups is 1. The molecule has 0 unspecified atom stereocenters. The predicted molar refractivity (Wildman–Crippen MR) is 130 cm³/mol. The number of aromatic nitrogens is 1. The first kappa shape index (κ1) is 26.3. The van der Waals surface area contributed by atoms with Crippen molar-refractivity contribution in [3.8, 4) is 5.88 Å². The Morgan fingerprint density at radius 2 is 1.90 bits per heavy atom. The Morgan fingerprint density at radius 3 is 2.57 bits per heavy atom. The lowest BCUT2D eigenvalue weighted by Crippen LogP contribution is -2.39. The lowest BCUT2D eigenvalue weighted by molar-refractivity contribution is 0.0527. The molecule has 0 spiro atoms. The van der Waals surface area contributed by atoms with Gasteiger partial charge in [0.1, 0.15) is 11.7 Å². The van der Waals surface area contributed by atoms with Gasteiger partial charge in [-0.1, -0.05) is 6.07 Å². The Hall–Kier alpha value is -1.78. The molecule has 170 valence electrons. The summed E-state index contributed by atoms with van der Waals surface area (Å²) < 4.78 is 11.3. The largest absolute Gasteiger partial charge is 0.474 e. The normalized spacial score (nSPS) is 14.6. The van der Waals surface area contributed by atoms with Crippen LogP contribution >= 0.6 is 24.0 Å². The number of ether oxygens (including phenoxy) is 2. The van der Waals surface area contributed by atoms with E-state index in [-0.39, 0.29) is 30.1 Å². The van der Waals surface area contributed by atoms with Gasteiger partial charge >= 0.3 is 6.09 Å². The van der Waals surface area contributed by atoms with Crippen LogP contribution in [0.5, 0.6) is 5.88 Å². The number of guanidine groups is 1. The van der Waals surface area contributed by atoms with E-state index in [1.807, 2.05) is 32.9 Å². The van der Waals surface area contributed by atoms with Crippen LogP contribution in [0.4, 0.5) is 4.79 Å². The van der Waals surface area contributed by atoms with Crippen LogP contribution in [-0.4, -0.2) is 48.9 Å². The molecule has 3 N–H and O–H groups in total. The summed E-state index contributed by atoms with van der Waals surface area (Å²) in [5.41, 5.74) is 0.523. The van der Waals surface area contributed by atoms with Gasteiger partial charge in [0.15, 0.2) is 5.96 Å². The Labute approximate surface area is 197 Å². The fourth-order valence-electron chi connectivity index (χ4n) is 3.03. The Morgan fingerprint density at radius 1 is 1.20 bits per heavy atom. The molecule has 0 atom stereocenters. The second-order valence-corrected chi connectivity index (χ2v) is 8.13. The molecule has 0 saturated heterocycles. The number of nitrogens with one attached hydrogen (secondary N) is 3. The molecule has 1 aromatic rings. The number of nitrogens with zero attached hydrogens (tertiary/aromatic N) is 2. The molecule has 1 aliphatic rings. The number of hydrogen-bond acceptors (Lipinski definition) is 5. The van der Waals surface area contributed by atoms with E-state index < -0.39 is 11.7 Å². The van der Waals surface area contributed by atoms with Gasteiger partial charge in [0, 0.05) is 38.4 Å². The summed E-state index contributed by atoms with van der Waals surface area (Å²) in [4.78, 5) is 20.3. The SMILES string of the molecule is CN=C(NCCCNC(=O)OC(C)(C)C)NCc1cccnc1OC1CCCC1.I. The van der Waals surface area contributed by atoms with Crippen molar-refractivity contribution in [3.63, 3.8) is 0 Å². The van der Waals surface area contributed by atoms with Crippen molar-refractivity contribution in [1.82, 2.24) is 20.9 Å². The van der Waals surface area contributed by atoms with E-state index in [4.69, 9.17) is 9.47 Å². The number of alkyl carbamates (subject to hydrolysis) is 1. The van der Waals surface area contributed by atoms with Crippen LogP contribution in [0.3, 0.4) is 0 Å². The van der Waals surface area contributed by atoms with Crippen LogP contribution in [0.25, 0.3) is 0 Å². The zero-order valence-electron chi connectivity index (χ0n) is 18.5. The van der Waals surface area contributed by atoms with Crippen molar-refractivity contribution in [1.29, 1.82) is 0 Å². The molecule has 1 aliphatic carbocycles. The molecule has 1 aromatic heterocycles. The first-order chi connectivity index (χ1) is 13.9. The third-order valence-electron chi connectivity index (χ3n) is 4.41. The third-order valence-corrected chi connectivity index (χ3v) is 4.41. The molecule has 1 amide bonds. The van der Waals surface area contributed by atoms with Crippen molar-refractivity contribution in [2.24, 2.45) is 4.99 Å². The molecule has 0 aromatic carbocycles. The predicted octanol–water partition coefficient (Wildman–Crippen LogP) is 3.60. The zero-order chi connectivity index (χ0) is 21.1. The van der Waals surface area contributed by atoms with Gasteiger partial charge in [0.2, 0.25) is 5.88 Å². The smallest absolute Gasteiger partial charge is 0.407 e. The van der Waals surface area contributed by atoms with E-state index in [1.54, 1.807) is 13.2 Å². The number of aliphatic imine (C=N–C) groups is 1. The van der Waals surface area contributed by atoms with E-state index >= 15 is 0 Å². The maximum absolute atomic E-state index is 11.6. The molecular weight excluding hydrogens is 497 g/mol. The van der Waals surface area contributed by atoms with Crippen LogP contribution in [0.15, 0.2) is 23.3 Å². The highest BCUT2D eigenvalue weighted by Gasteiger charge is 2.18. The molecule has 1 fully saturated rings. The van der Waals surface area contributed by atoms with Gasteiger partial charge in [-0.05, 0) is 58.9 Å². The van der Waals surface area contributed by atoms with Crippen molar-refractivity contribution in [2.45, 2.75) is 71.1 Å². The number of amides is 1. The van der Waals surface area contributed by atoms with Gasteiger partial charge in [-0.2, -0.15) is 0 Å². The molecule has 30 heavy (non-hydrogen) atoms. The minimum absolute atomic E-state index is 0. The van der Waals surface area contributed by atoms with E-state index in [9.17, 15) is 4.79 Å². The first-order valence-electron chi connectivity index (χ1n) is 10.4. The quantitative estimate of drug-likeness (QED) is 0.205. The topological polar surface area (TPSA) is 96.9 Å². The minimum Gasteiger partial charge on any atom is -0.474 e. The number of rotatable bonds is 8. The highest BCUT2D eigenvalue weighted by atomic mass is 127. The molecule has 0 radical (unpaired) electrons. The molecule has 9 heteroatoms. The highest BCUT2D eigenvalue weighted by Crippen LogP contribution is 2.24. The van der Waals surface area contributed by atoms with Crippen molar-refractivity contribution in [3.05, 3.63) is 23.9 Å². The number of halogens is 1. The van der Waals surface area contributed by atoms with Gasteiger partial charge in [-0.25, -0.2) is 9.78 Å². The summed E-state index contributed by atoms with van der Waals surface area (Å²) >= 11 is 0. The molecule has 0 aliphatic heterocycles. The maximum Gasteiger partial charge on any atom is 0.407 e. The van der Waals surface area contributed by atoms with E-state index in [0.29, 0.717) is 31.5 Å². The number of carbonyl (C=O) groups excluding carboxylic acids is 1. The summed E-state index contributed by atoms with van der Waals surface area (Å²) in [5.74, 6) is 1.39. The fraction of sp³-hybridized carbons (Fsp3) is 0.667.